The van der Waals surface area contributed by atoms with Crippen molar-refractivity contribution in [3.8, 4) is 0 Å². The number of carbonyl (C=O) groups is 1. The summed E-state index contributed by atoms with van der Waals surface area (Å²) in [6.07, 6.45) is 5.53. The Kier molecular flexibility index (Phi) is 7.14. The smallest absolute Gasteiger partial charge is 0.240 e. The first-order chi connectivity index (χ1) is 12.9. The molecule has 0 bridgehead atoms. The molecule has 2 fully saturated rings. The van der Waals surface area contributed by atoms with Gasteiger partial charge in [0, 0.05) is 30.6 Å². The number of hydrogen-bond donors (Lipinski definition) is 2. The van der Waals surface area contributed by atoms with Gasteiger partial charge in [0.2, 0.25) is 15.9 Å². The molecule has 1 amide bonds. The standard InChI is InChI=1S/C19H27ClN2O4S/c20-16-7-9-18(10-8-16)27(24,25)22-12-14-3-5-15(6-4-14)19(23)21-13-17-2-1-11-26-17/h7-10,14-15,17,22H,1-6,11-13H2,(H,21,23)/t14?,15?,17-/m1/s1. The van der Waals surface area contributed by atoms with E-state index in [1.165, 1.54) is 12.1 Å². The number of halogens is 1. The van der Waals surface area contributed by atoms with E-state index in [1.807, 2.05) is 0 Å². The van der Waals surface area contributed by atoms with Gasteiger partial charge in [0.25, 0.3) is 0 Å². The van der Waals surface area contributed by atoms with Crippen molar-refractivity contribution >= 4 is 27.5 Å². The number of amides is 1. The third kappa shape index (κ3) is 5.91. The summed E-state index contributed by atoms with van der Waals surface area (Å²) in [5.74, 6) is 0.385. The molecule has 150 valence electrons. The Morgan fingerprint density at radius 1 is 1.07 bits per heavy atom. The zero-order valence-electron chi connectivity index (χ0n) is 15.3. The summed E-state index contributed by atoms with van der Waals surface area (Å²) in [6, 6.07) is 6.13. The minimum atomic E-state index is -3.53. The largest absolute Gasteiger partial charge is 0.376 e. The second-order valence-electron chi connectivity index (χ2n) is 7.40. The summed E-state index contributed by atoms with van der Waals surface area (Å²) in [6.45, 7) is 1.78. The van der Waals surface area contributed by atoms with E-state index in [2.05, 4.69) is 10.0 Å². The minimum Gasteiger partial charge on any atom is -0.376 e. The molecule has 0 radical (unpaired) electrons. The van der Waals surface area contributed by atoms with E-state index in [0.717, 1.165) is 45.1 Å². The van der Waals surface area contributed by atoms with E-state index in [0.29, 0.717) is 18.1 Å². The lowest BCUT2D eigenvalue weighted by atomic mass is 9.81. The molecule has 27 heavy (non-hydrogen) atoms. The maximum absolute atomic E-state index is 12.3. The highest BCUT2D eigenvalue weighted by Crippen LogP contribution is 2.29. The van der Waals surface area contributed by atoms with E-state index in [4.69, 9.17) is 16.3 Å². The molecule has 0 spiro atoms. The molecule has 1 saturated heterocycles. The molecule has 2 N–H and O–H groups in total. The lowest BCUT2D eigenvalue weighted by molar-refractivity contribution is -0.126. The molecule has 6 nitrogen and oxygen atoms in total. The fourth-order valence-corrected chi connectivity index (χ4v) is 4.96. The Morgan fingerprint density at radius 3 is 2.41 bits per heavy atom. The maximum Gasteiger partial charge on any atom is 0.240 e. The van der Waals surface area contributed by atoms with E-state index >= 15 is 0 Å². The molecule has 0 unspecified atom stereocenters. The number of sulfonamides is 1. The van der Waals surface area contributed by atoms with Gasteiger partial charge in [0.05, 0.1) is 11.0 Å². The lowest BCUT2D eigenvalue weighted by Gasteiger charge is -2.28. The van der Waals surface area contributed by atoms with Crippen molar-refractivity contribution in [2.75, 3.05) is 19.7 Å². The minimum absolute atomic E-state index is 0.0236. The summed E-state index contributed by atoms with van der Waals surface area (Å²) in [4.78, 5) is 12.5. The highest BCUT2D eigenvalue weighted by molar-refractivity contribution is 7.89. The molecular weight excluding hydrogens is 388 g/mol. The van der Waals surface area contributed by atoms with Crippen LogP contribution in [0.25, 0.3) is 0 Å². The van der Waals surface area contributed by atoms with Gasteiger partial charge in [-0.2, -0.15) is 0 Å². The highest BCUT2D eigenvalue weighted by Gasteiger charge is 2.28. The van der Waals surface area contributed by atoms with Crippen molar-refractivity contribution in [1.82, 2.24) is 10.0 Å². The summed E-state index contributed by atoms with van der Waals surface area (Å²) >= 11 is 5.80. The van der Waals surface area contributed by atoms with E-state index in [1.54, 1.807) is 12.1 Å². The second kappa shape index (κ2) is 9.37. The predicted molar refractivity (Wildman–Crippen MR) is 104 cm³/mol. The van der Waals surface area contributed by atoms with Gasteiger partial charge >= 0.3 is 0 Å². The van der Waals surface area contributed by atoms with Crippen molar-refractivity contribution in [3.05, 3.63) is 29.3 Å². The van der Waals surface area contributed by atoms with Crippen LogP contribution in [0.15, 0.2) is 29.2 Å². The fraction of sp³-hybridized carbons (Fsp3) is 0.632. The molecule has 1 heterocycles. The van der Waals surface area contributed by atoms with Crippen LogP contribution in [-0.2, 0) is 19.6 Å². The topological polar surface area (TPSA) is 84.5 Å². The van der Waals surface area contributed by atoms with Crippen LogP contribution >= 0.6 is 11.6 Å². The van der Waals surface area contributed by atoms with Crippen LogP contribution in [-0.4, -0.2) is 40.1 Å². The molecule has 8 heteroatoms. The lowest BCUT2D eigenvalue weighted by Crippen LogP contribution is -2.38. The van der Waals surface area contributed by atoms with Gasteiger partial charge in [-0.05, 0) is 68.7 Å². The Labute approximate surface area is 166 Å². The third-order valence-electron chi connectivity index (χ3n) is 5.43. The number of nitrogens with one attached hydrogen (secondary N) is 2. The van der Waals surface area contributed by atoms with Gasteiger partial charge in [-0.3, -0.25) is 4.79 Å². The summed E-state index contributed by atoms with van der Waals surface area (Å²) < 4.78 is 32.9. The fourth-order valence-electron chi connectivity index (χ4n) is 3.72. The monoisotopic (exact) mass is 414 g/mol. The molecule has 1 aliphatic heterocycles. The van der Waals surface area contributed by atoms with Crippen molar-refractivity contribution in [1.29, 1.82) is 0 Å². The zero-order valence-corrected chi connectivity index (χ0v) is 16.9. The summed E-state index contributed by atoms with van der Waals surface area (Å²) in [5, 5.41) is 3.51. The molecule has 0 aromatic heterocycles. The van der Waals surface area contributed by atoms with Crippen LogP contribution in [0.2, 0.25) is 5.02 Å². The normalized spacial score (nSPS) is 26.0. The molecule has 1 aliphatic carbocycles. The van der Waals surface area contributed by atoms with Crippen LogP contribution in [0.4, 0.5) is 0 Å². The molecule has 3 rings (SSSR count). The number of benzene rings is 1. The maximum atomic E-state index is 12.3. The van der Waals surface area contributed by atoms with E-state index in [-0.39, 0.29) is 28.7 Å². The predicted octanol–water partition coefficient (Wildman–Crippen LogP) is 2.72. The second-order valence-corrected chi connectivity index (χ2v) is 9.61. The number of carbonyl (C=O) groups excluding carboxylic acids is 1. The van der Waals surface area contributed by atoms with E-state index < -0.39 is 10.0 Å². The van der Waals surface area contributed by atoms with Gasteiger partial charge in [-0.15, -0.1) is 0 Å². The molecule has 1 aromatic rings. The molecule has 2 aliphatic rings. The first-order valence-corrected chi connectivity index (χ1v) is 11.4. The Hall–Kier alpha value is -1.15. The van der Waals surface area contributed by atoms with Crippen molar-refractivity contribution in [3.63, 3.8) is 0 Å². The highest BCUT2D eigenvalue weighted by atomic mass is 35.5. The summed E-state index contributed by atoms with van der Waals surface area (Å²) in [7, 11) is -3.53. The van der Waals surface area contributed by atoms with Crippen molar-refractivity contribution in [2.45, 2.75) is 49.5 Å². The number of hydrogen-bond acceptors (Lipinski definition) is 4. The average molecular weight is 415 g/mol. The van der Waals surface area contributed by atoms with Gasteiger partial charge in [0.15, 0.2) is 0 Å². The third-order valence-corrected chi connectivity index (χ3v) is 7.12. The van der Waals surface area contributed by atoms with Crippen molar-refractivity contribution < 1.29 is 17.9 Å². The quantitative estimate of drug-likeness (QED) is 0.718. The molecule has 1 aromatic carbocycles. The van der Waals surface area contributed by atoms with Crippen LogP contribution < -0.4 is 10.0 Å². The van der Waals surface area contributed by atoms with Crippen LogP contribution in [0, 0.1) is 11.8 Å². The van der Waals surface area contributed by atoms with Gasteiger partial charge in [0.1, 0.15) is 0 Å². The van der Waals surface area contributed by atoms with Crippen LogP contribution in [0.3, 0.4) is 0 Å². The van der Waals surface area contributed by atoms with Gasteiger partial charge in [-0.1, -0.05) is 11.6 Å². The Bertz CT molecular complexity index is 725. The molecular formula is C19H27ClN2O4S. The number of rotatable bonds is 7. The number of ether oxygens (including phenoxy) is 1. The van der Waals surface area contributed by atoms with Crippen LogP contribution in [0.1, 0.15) is 38.5 Å². The van der Waals surface area contributed by atoms with Gasteiger partial charge < -0.3 is 10.1 Å². The summed E-state index contributed by atoms with van der Waals surface area (Å²) in [5.41, 5.74) is 0. The Balaban J connectivity index is 1.40. The van der Waals surface area contributed by atoms with E-state index in [9.17, 15) is 13.2 Å². The Morgan fingerprint density at radius 2 is 1.78 bits per heavy atom. The average Bonchev–Trinajstić information content (AvgIpc) is 3.19. The zero-order chi connectivity index (χ0) is 19.3. The molecule has 1 saturated carbocycles. The molecule has 1 atom stereocenters. The first kappa shape index (κ1) is 20.6. The first-order valence-electron chi connectivity index (χ1n) is 9.58. The van der Waals surface area contributed by atoms with Crippen LogP contribution in [0.5, 0.6) is 0 Å². The van der Waals surface area contributed by atoms with Gasteiger partial charge in [-0.25, -0.2) is 13.1 Å². The van der Waals surface area contributed by atoms with Crippen molar-refractivity contribution in [2.24, 2.45) is 11.8 Å². The SMILES string of the molecule is O=C(NC[C@H]1CCCO1)C1CCC(CNS(=O)(=O)c2ccc(Cl)cc2)CC1.